The Bertz CT molecular complexity index is 705. The molecule has 0 atom stereocenters. The molecule has 0 radical (unpaired) electrons. The molecule has 0 amide bonds. The van der Waals surface area contributed by atoms with Crippen molar-refractivity contribution in [1.82, 2.24) is 20.2 Å². The second kappa shape index (κ2) is 4.79. The fraction of sp³-hybridized carbons (Fsp3) is 0.0714. The van der Waals surface area contributed by atoms with Crippen LogP contribution in [0.15, 0.2) is 60.6 Å². The summed E-state index contributed by atoms with van der Waals surface area (Å²) in [4.78, 5) is 1.47. The number of aromatic nitrogens is 4. The lowest BCUT2D eigenvalue weighted by Crippen LogP contribution is -2.03. The van der Waals surface area contributed by atoms with Gasteiger partial charge in [-0.2, -0.15) is 4.80 Å². The fourth-order valence-corrected chi connectivity index (χ4v) is 1.64. The zero-order valence-electron chi connectivity index (χ0n) is 11.6. The molecule has 88 valence electrons. The molecule has 4 heteroatoms. The minimum Gasteiger partial charge on any atom is -0.159 e. The summed E-state index contributed by atoms with van der Waals surface area (Å²) in [6, 6.07) is 15.2. The molecule has 4 nitrogen and oxygen atoms in total. The van der Waals surface area contributed by atoms with Crippen LogP contribution < -0.4 is 0 Å². The number of hydrogen-bond donors (Lipinski definition) is 0. The van der Waals surface area contributed by atoms with Gasteiger partial charge in [0, 0.05) is 5.56 Å². The SMILES string of the molecule is [2H]c1cccc([2H])c1-c1nnn(Cc2ccccc2)n1. The molecule has 3 rings (SSSR count). The summed E-state index contributed by atoms with van der Waals surface area (Å²) in [7, 11) is 0. The fourth-order valence-electron chi connectivity index (χ4n) is 1.64. The molecule has 18 heavy (non-hydrogen) atoms. The first-order chi connectivity index (χ1) is 9.74. The average Bonchev–Trinajstić information content (AvgIpc) is 2.88. The first kappa shape index (κ1) is 8.58. The average molecular weight is 238 g/mol. The molecule has 0 aliphatic rings. The summed E-state index contributed by atoms with van der Waals surface area (Å²) in [6.45, 7) is 0.515. The number of tetrazole rings is 1. The van der Waals surface area contributed by atoms with E-state index in [0.29, 0.717) is 17.9 Å². The normalized spacial score (nSPS) is 12.0. The highest BCUT2D eigenvalue weighted by molar-refractivity contribution is 5.52. The summed E-state index contributed by atoms with van der Waals surface area (Å²) >= 11 is 0. The lowest BCUT2D eigenvalue weighted by Gasteiger charge is -1.98. The molecule has 0 aliphatic carbocycles. The van der Waals surface area contributed by atoms with Gasteiger partial charge in [-0.15, -0.1) is 10.2 Å². The van der Waals surface area contributed by atoms with Gasteiger partial charge in [-0.1, -0.05) is 60.6 Å². The maximum atomic E-state index is 7.84. The maximum Gasteiger partial charge on any atom is 0.204 e. The van der Waals surface area contributed by atoms with Gasteiger partial charge in [-0.3, -0.25) is 0 Å². The van der Waals surface area contributed by atoms with Gasteiger partial charge < -0.3 is 0 Å². The van der Waals surface area contributed by atoms with Crippen LogP contribution in [0.1, 0.15) is 8.30 Å². The predicted molar refractivity (Wildman–Crippen MR) is 68.8 cm³/mol. The minimum absolute atomic E-state index is 0.233. The number of hydrogen-bond acceptors (Lipinski definition) is 3. The van der Waals surface area contributed by atoms with Crippen molar-refractivity contribution >= 4 is 0 Å². The van der Waals surface area contributed by atoms with E-state index in [-0.39, 0.29) is 12.1 Å². The molecule has 1 heterocycles. The van der Waals surface area contributed by atoms with Crippen molar-refractivity contribution in [1.29, 1.82) is 0 Å². The van der Waals surface area contributed by atoms with E-state index < -0.39 is 0 Å². The van der Waals surface area contributed by atoms with E-state index in [1.807, 2.05) is 30.3 Å². The van der Waals surface area contributed by atoms with Crippen molar-refractivity contribution in [3.05, 3.63) is 66.2 Å². The Balaban J connectivity index is 1.91. The van der Waals surface area contributed by atoms with Crippen LogP contribution in [0.5, 0.6) is 0 Å². The molecule has 2 aromatic carbocycles. The molecular weight excluding hydrogens is 224 g/mol. The summed E-state index contributed by atoms with van der Waals surface area (Å²) in [6.07, 6.45) is 0. The van der Waals surface area contributed by atoms with E-state index >= 15 is 0 Å². The number of benzene rings is 2. The van der Waals surface area contributed by atoms with Crippen LogP contribution in [0.2, 0.25) is 0 Å². The Hall–Kier alpha value is -2.49. The highest BCUT2D eigenvalue weighted by atomic mass is 15.6. The molecule has 0 saturated heterocycles. The number of nitrogens with zero attached hydrogens (tertiary/aromatic N) is 4. The van der Waals surface area contributed by atoms with Crippen molar-refractivity contribution in [2.24, 2.45) is 0 Å². The summed E-state index contributed by atoms with van der Waals surface area (Å²) in [5.41, 5.74) is 1.48. The van der Waals surface area contributed by atoms with Gasteiger partial charge in [0.1, 0.15) is 0 Å². The quantitative estimate of drug-likeness (QED) is 0.703. The van der Waals surface area contributed by atoms with Gasteiger partial charge in [0.05, 0.1) is 9.29 Å². The van der Waals surface area contributed by atoms with Gasteiger partial charge in [-0.25, -0.2) is 0 Å². The summed E-state index contributed by atoms with van der Waals surface area (Å²) in [5.74, 6) is 0.316. The molecule has 0 aliphatic heterocycles. The first-order valence-electron chi connectivity index (χ1n) is 6.62. The van der Waals surface area contributed by atoms with Crippen LogP contribution in [0.3, 0.4) is 0 Å². The van der Waals surface area contributed by atoms with E-state index in [9.17, 15) is 0 Å². The Labute approximate surface area is 108 Å². The van der Waals surface area contributed by atoms with Crippen LogP contribution in [0.25, 0.3) is 11.4 Å². The first-order valence-corrected chi connectivity index (χ1v) is 5.62. The van der Waals surface area contributed by atoms with Crippen molar-refractivity contribution in [3.63, 3.8) is 0 Å². The standard InChI is InChI=1S/C14H12N4/c1-3-7-12(8-4-1)11-18-16-14(15-17-18)13-9-5-2-6-10-13/h1-10H,11H2/i9D,10D. The van der Waals surface area contributed by atoms with E-state index in [2.05, 4.69) is 15.4 Å². The zero-order valence-corrected chi connectivity index (χ0v) is 9.61. The highest BCUT2D eigenvalue weighted by Crippen LogP contribution is 2.12. The highest BCUT2D eigenvalue weighted by Gasteiger charge is 2.05. The third-order valence-corrected chi connectivity index (χ3v) is 2.49. The summed E-state index contributed by atoms with van der Waals surface area (Å²) < 4.78 is 15.7. The molecule has 0 bridgehead atoms. The van der Waals surface area contributed by atoms with Crippen molar-refractivity contribution in [3.8, 4) is 11.4 Å². The molecule has 0 fully saturated rings. The lowest BCUT2D eigenvalue weighted by molar-refractivity contribution is 0.573. The Morgan fingerprint density at radius 3 is 2.50 bits per heavy atom. The molecular formula is C14H12N4. The van der Waals surface area contributed by atoms with Gasteiger partial charge in [0.25, 0.3) is 0 Å². The van der Waals surface area contributed by atoms with Gasteiger partial charge >= 0.3 is 0 Å². The van der Waals surface area contributed by atoms with Crippen LogP contribution in [0, 0.1) is 0 Å². The molecule has 0 spiro atoms. The number of rotatable bonds is 3. The second-order valence-corrected chi connectivity index (χ2v) is 3.82. The van der Waals surface area contributed by atoms with Gasteiger partial charge in [0.15, 0.2) is 0 Å². The molecule has 3 aromatic rings. The van der Waals surface area contributed by atoms with Gasteiger partial charge in [0.2, 0.25) is 5.82 Å². The predicted octanol–water partition coefficient (Wildman–Crippen LogP) is 2.39. The van der Waals surface area contributed by atoms with Crippen molar-refractivity contribution in [2.75, 3.05) is 0 Å². The van der Waals surface area contributed by atoms with E-state index in [1.54, 1.807) is 18.2 Å². The van der Waals surface area contributed by atoms with Crippen LogP contribution in [-0.4, -0.2) is 20.2 Å². The smallest absolute Gasteiger partial charge is 0.159 e. The lowest BCUT2D eigenvalue weighted by atomic mass is 10.2. The zero-order chi connectivity index (χ0) is 13.9. The maximum absolute atomic E-state index is 7.84. The Morgan fingerprint density at radius 1 is 1.00 bits per heavy atom. The molecule has 0 N–H and O–H groups in total. The van der Waals surface area contributed by atoms with E-state index in [1.165, 1.54) is 4.80 Å². The van der Waals surface area contributed by atoms with Crippen LogP contribution in [-0.2, 0) is 6.54 Å². The molecule has 1 aromatic heterocycles. The summed E-state index contributed by atoms with van der Waals surface area (Å²) in [5, 5.41) is 12.2. The van der Waals surface area contributed by atoms with Crippen LogP contribution in [0.4, 0.5) is 0 Å². The third-order valence-electron chi connectivity index (χ3n) is 2.49. The molecule has 0 saturated carbocycles. The minimum atomic E-state index is 0.233. The van der Waals surface area contributed by atoms with Gasteiger partial charge in [-0.05, 0) is 10.8 Å². The monoisotopic (exact) mass is 238 g/mol. The van der Waals surface area contributed by atoms with Crippen LogP contribution >= 0.6 is 0 Å². The van der Waals surface area contributed by atoms with Crippen molar-refractivity contribution < 1.29 is 2.74 Å². The molecule has 0 unspecified atom stereocenters. The van der Waals surface area contributed by atoms with E-state index in [4.69, 9.17) is 2.74 Å². The largest absolute Gasteiger partial charge is 0.204 e. The van der Waals surface area contributed by atoms with Crippen molar-refractivity contribution in [2.45, 2.75) is 6.54 Å². The third kappa shape index (κ3) is 2.27. The second-order valence-electron chi connectivity index (χ2n) is 3.82. The topological polar surface area (TPSA) is 43.6 Å². The Morgan fingerprint density at radius 2 is 1.72 bits per heavy atom. The Kier molecular flexibility index (Phi) is 2.28. The van der Waals surface area contributed by atoms with E-state index in [0.717, 1.165) is 5.56 Å².